The third-order valence-corrected chi connectivity index (χ3v) is 5.80. The normalized spacial score (nSPS) is 13.2. The molecule has 1 amide bonds. The Balaban J connectivity index is 1.96. The number of amides is 1. The number of aliphatic carboxylic acids is 1. The van der Waals surface area contributed by atoms with Crippen molar-refractivity contribution in [2.24, 2.45) is 0 Å². The third-order valence-electron chi connectivity index (χ3n) is 5.80. The van der Waals surface area contributed by atoms with Gasteiger partial charge in [-0.05, 0) is 48.7 Å². The highest BCUT2D eigenvalue weighted by Crippen LogP contribution is 2.28. The Morgan fingerprint density at radius 3 is 2.32 bits per heavy atom. The second-order valence-electron chi connectivity index (χ2n) is 9.27. The van der Waals surface area contributed by atoms with Crippen LogP contribution in [0.4, 0.5) is 4.39 Å². The molecule has 2 aromatic carbocycles. The Kier molecular flexibility index (Phi) is 9.32. The number of aliphatic hydroxyl groups excluding tert-OH is 2. The number of hydrogen-bond donors (Lipinski definition) is 4. The van der Waals surface area contributed by atoms with Crippen molar-refractivity contribution in [1.29, 1.82) is 0 Å². The van der Waals surface area contributed by atoms with Crippen LogP contribution >= 0.6 is 0 Å². The number of nitrogens with one attached hydrogen (secondary N) is 1. The van der Waals surface area contributed by atoms with Crippen molar-refractivity contribution in [3.63, 3.8) is 0 Å². The number of hydrogen-bond acceptors (Lipinski definition) is 5. The summed E-state index contributed by atoms with van der Waals surface area (Å²) in [4.78, 5) is 24.0. The Labute approximate surface area is 215 Å². The van der Waals surface area contributed by atoms with E-state index in [-0.39, 0.29) is 23.9 Å². The zero-order valence-electron chi connectivity index (χ0n) is 21.1. The molecule has 4 N–H and O–H groups in total. The van der Waals surface area contributed by atoms with Crippen LogP contribution < -0.4 is 5.32 Å². The summed E-state index contributed by atoms with van der Waals surface area (Å²) in [6.45, 7) is 6.12. The van der Waals surface area contributed by atoms with Gasteiger partial charge < -0.3 is 20.6 Å². The summed E-state index contributed by atoms with van der Waals surface area (Å²) >= 11 is 0. The topological polar surface area (TPSA) is 125 Å². The summed E-state index contributed by atoms with van der Waals surface area (Å²) in [6, 6.07) is 13.4. The van der Waals surface area contributed by atoms with E-state index in [1.54, 1.807) is 6.08 Å². The minimum atomic E-state index is -1.22. The predicted octanol–water partition coefficient (Wildman–Crippen LogP) is 3.97. The zero-order chi connectivity index (χ0) is 27.1. The Bertz CT molecular complexity index is 1250. The van der Waals surface area contributed by atoms with Crippen LogP contribution in [0.5, 0.6) is 0 Å². The second kappa shape index (κ2) is 12.4. The summed E-state index contributed by atoms with van der Waals surface area (Å²) in [5.41, 5.74) is 3.90. The van der Waals surface area contributed by atoms with Crippen LogP contribution in [0, 0.1) is 12.7 Å². The molecule has 0 saturated heterocycles. The smallest absolute Gasteiger partial charge is 0.305 e. The maximum absolute atomic E-state index is 13.6. The number of nitrogens with zero attached hydrogens (tertiary/aromatic N) is 2. The van der Waals surface area contributed by atoms with Crippen LogP contribution in [0.25, 0.3) is 11.8 Å². The van der Waals surface area contributed by atoms with E-state index in [4.69, 9.17) is 5.11 Å². The number of aryl methyl sites for hydroxylation is 1. The molecule has 3 rings (SSSR count). The molecular formula is C28H32FN3O5. The van der Waals surface area contributed by atoms with Gasteiger partial charge in [0.15, 0.2) is 5.69 Å². The summed E-state index contributed by atoms with van der Waals surface area (Å²) in [7, 11) is 0. The summed E-state index contributed by atoms with van der Waals surface area (Å²) < 4.78 is 15.1. The van der Waals surface area contributed by atoms with E-state index in [2.05, 4.69) is 10.4 Å². The van der Waals surface area contributed by atoms with Gasteiger partial charge in [0.25, 0.3) is 5.91 Å². The van der Waals surface area contributed by atoms with Crippen molar-refractivity contribution < 1.29 is 29.3 Å². The molecule has 9 heteroatoms. The van der Waals surface area contributed by atoms with E-state index in [0.717, 1.165) is 11.1 Å². The number of aromatic nitrogens is 2. The molecule has 0 spiro atoms. The molecule has 0 bridgehead atoms. The maximum atomic E-state index is 13.6. The lowest BCUT2D eigenvalue weighted by atomic mass is 9.98. The molecular weight excluding hydrogens is 477 g/mol. The van der Waals surface area contributed by atoms with Crippen molar-refractivity contribution in [2.45, 2.75) is 58.3 Å². The SMILES string of the molecule is Cc1ccc(CNC(=O)c2nn(-c3ccc(F)cc3)c(C=C[C@@H](O)C[C@@H](O)CC(=O)O)c2C(C)C)cc1. The first kappa shape index (κ1) is 27.8. The van der Waals surface area contributed by atoms with Crippen molar-refractivity contribution in [2.75, 3.05) is 0 Å². The van der Waals surface area contributed by atoms with E-state index >= 15 is 0 Å². The number of carbonyl (C=O) groups excluding carboxylic acids is 1. The van der Waals surface area contributed by atoms with Gasteiger partial charge in [-0.3, -0.25) is 9.59 Å². The van der Waals surface area contributed by atoms with Gasteiger partial charge in [-0.1, -0.05) is 49.8 Å². The number of halogens is 1. The molecule has 2 atom stereocenters. The average molecular weight is 510 g/mol. The summed E-state index contributed by atoms with van der Waals surface area (Å²) in [6.07, 6.45) is -0.00523. The Morgan fingerprint density at radius 2 is 1.73 bits per heavy atom. The number of benzene rings is 2. The molecule has 3 aromatic rings. The van der Waals surface area contributed by atoms with Crippen molar-refractivity contribution >= 4 is 18.0 Å². The molecule has 1 aromatic heterocycles. The lowest BCUT2D eigenvalue weighted by Gasteiger charge is -2.12. The molecule has 8 nitrogen and oxygen atoms in total. The second-order valence-corrected chi connectivity index (χ2v) is 9.27. The Hall–Kier alpha value is -3.82. The quantitative estimate of drug-likeness (QED) is 0.310. The molecule has 0 aliphatic heterocycles. The predicted molar refractivity (Wildman–Crippen MR) is 138 cm³/mol. The first-order chi connectivity index (χ1) is 17.5. The average Bonchev–Trinajstić information content (AvgIpc) is 3.22. The standard InChI is InChI=1S/C28H32FN3O5/c1-17(2)26-24(13-12-22(33)14-23(34)15-25(35)36)32(21-10-8-20(29)9-11-21)31-27(26)28(37)30-16-19-6-4-18(3)5-7-19/h4-13,17,22-23,33-34H,14-16H2,1-3H3,(H,30,37)(H,35,36)/t22-,23-/m1/s1. The first-order valence-corrected chi connectivity index (χ1v) is 12.0. The third kappa shape index (κ3) is 7.58. The zero-order valence-corrected chi connectivity index (χ0v) is 21.1. The lowest BCUT2D eigenvalue weighted by Crippen LogP contribution is -2.24. The van der Waals surface area contributed by atoms with Crippen LogP contribution in [0.1, 0.15) is 65.5 Å². The monoisotopic (exact) mass is 509 g/mol. The number of rotatable bonds is 11. The minimum absolute atomic E-state index is 0.135. The van der Waals surface area contributed by atoms with E-state index < -0.39 is 30.4 Å². The Morgan fingerprint density at radius 1 is 1.08 bits per heavy atom. The van der Waals surface area contributed by atoms with Crippen LogP contribution in [-0.2, 0) is 11.3 Å². The van der Waals surface area contributed by atoms with E-state index in [0.29, 0.717) is 23.5 Å². The van der Waals surface area contributed by atoms with Gasteiger partial charge in [-0.2, -0.15) is 5.10 Å². The summed E-state index contributed by atoms with van der Waals surface area (Å²) in [5, 5.41) is 36.5. The molecule has 0 unspecified atom stereocenters. The van der Waals surface area contributed by atoms with Gasteiger partial charge >= 0.3 is 5.97 Å². The van der Waals surface area contributed by atoms with Gasteiger partial charge in [0.05, 0.1) is 30.0 Å². The van der Waals surface area contributed by atoms with Crippen molar-refractivity contribution in [1.82, 2.24) is 15.1 Å². The van der Waals surface area contributed by atoms with Gasteiger partial charge in [-0.15, -0.1) is 0 Å². The van der Waals surface area contributed by atoms with Crippen LogP contribution in [-0.4, -0.2) is 49.2 Å². The lowest BCUT2D eigenvalue weighted by molar-refractivity contribution is -0.139. The van der Waals surface area contributed by atoms with Gasteiger partial charge in [0.2, 0.25) is 0 Å². The molecule has 0 radical (unpaired) electrons. The molecule has 0 saturated carbocycles. The molecule has 0 aliphatic rings. The summed E-state index contributed by atoms with van der Waals surface area (Å²) in [5.74, 6) is -2.10. The molecule has 37 heavy (non-hydrogen) atoms. The fraction of sp³-hybridized carbons (Fsp3) is 0.321. The van der Waals surface area contributed by atoms with Gasteiger partial charge in [0, 0.05) is 18.5 Å². The van der Waals surface area contributed by atoms with E-state index in [9.17, 15) is 24.2 Å². The molecule has 196 valence electrons. The minimum Gasteiger partial charge on any atom is -0.481 e. The first-order valence-electron chi connectivity index (χ1n) is 12.0. The number of carboxylic acid groups (broad SMARTS) is 1. The van der Waals surface area contributed by atoms with Gasteiger partial charge in [0.1, 0.15) is 5.82 Å². The van der Waals surface area contributed by atoms with Crippen molar-refractivity contribution in [3.05, 3.63) is 88.5 Å². The molecule has 0 aliphatic carbocycles. The van der Waals surface area contributed by atoms with Crippen LogP contribution in [0.3, 0.4) is 0 Å². The fourth-order valence-corrected chi connectivity index (χ4v) is 3.94. The number of carboxylic acids is 1. The van der Waals surface area contributed by atoms with Gasteiger partial charge in [-0.25, -0.2) is 9.07 Å². The maximum Gasteiger partial charge on any atom is 0.305 e. The molecule has 1 heterocycles. The highest BCUT2D eigenvalue weighted by Gasteiger charge is 2.25. The van der Waals surface area contributed by atoms with Crippen molar-refractivity contribution in [3.8, 4) is 5.69 Å². The van der Waals surface area contributed by atoms with Crippen LogP contribution in [0.2, 0.25) is 0 Å². The fourth-order valence-electron chi connectivity index (χ4n) is 3.94. The highest BCUT2D eigenvalue weighted by atomic mass is 19.1. The largest absolute Gasteiger partial charge is 0.481 e. The molecule has 0 fully saturated rings. The highest BCUT2D eigenvalue weighted by molar-refractivity contribution is 5.95. The van der Waals surface area contributed by atoms with E-state index in [1.807, 2.05) is 45.0 Å². The van der Waals surface area contributed by atoms with E-state index in [1.165, 1.54) is 35.0 Å². The number of aliphatic hydroxyl groups is 2. The van der Waals surface area contributed by atoms with Crippen LogP contribution in [0.15, 0.2) is 54.6 Å². The number of carbonyl (C=O) groups is 2.